The maximum absolute atomic E-state index is 12.6. The van der Waals surface area contributed by atoms with Crippen LogP contribution in [0.15, 0.2) is 40.9 Å². The number of thioether (sulfide) groups is 1. The quantitative estimate of drug-likeness (QED) is 0.544. The van der Waals surface area contributed by atoms with Gasteiger partial charge in [-0.3, -0.25) is 4.79 Å². The fourth-order valence-electron chi connectivity index (χ4n) is 2.52. The van der Waals surface area contributed by atoms with Crippen LogP contribution in [0.2, 0.25) is 0 Å². The maximum atomic E-state index is 12.6. The lowest BCUT2D eigenvalue weighted by Gasteiger charge is -2.11. The van der Waals surface area contributed by atoms with Crippen molar-refractivity contribution in [1.82, 2.24) is 9.97 Å². The summed E-state index contributed by atoms with van der Waals surface area (Å²) in [5, 5.41) is 23.4. The number of nitriles is 2. The van der Waals surface area contributed by atoms with Crippen molar-refractivity contribution in [3.8, 4) is 22.6 Å². The lowest BCUT2D eigenvalue weighted by atomic mass is 10.0. The highest BCUT2D eigenvalue weighted by Crippen LogP contribution is 2.37. The maximum Gasteiger partial charge on any atom is 0.417 e. The normalized spacial score (nSPS) is 10.9. The summed E-state index contributed by atoms with van der Waals surface area (Å²) in [7, 11) is 0. The molecule has 0 spiro atoms. The molecule has 0 radical (unpaired) electrons. The molecule has 0 aliphatic rings. The fourth-order valence-corrected chi connectivity index (χ4v) is 4.10. The van der Waals surface area contributed by atoms with Gasteiger partial charge < -0.3 is 11.1 Å². The number of rotatable bonds is 5. The molecule has 3 aromatic rings. The van der Waals surface area contributed by atoms with Crippen molar-refractivity contribution in [3.05, 3.63) is 52.5 Å². The van der Waals surface area contributed by atoms with Gasteiger partial charge in [0.2, 0.25) is 5.91 Å². The van der Waals surface area contributed by atoms with E-state index in [4.69, 9.17) is 5.73 Å². The summed E-state index contributed by atoms with van der Waals surface area (Å²) >= 11 is 2.23. The van der Waals surface area contributed by atoms with Crippen molar-refractivity contribution in [2.24, 2.45) is 0 Å². The van der Waals surface area contributed by atoms with E-state index in [0.29, 0.717) is 16.6 Å². The number of halogens is 3. The highest BCUT2D eigenvalue weighted by atomic mass is 32.2. The van der Waals surface area contributed by atoms with E-state index in [1.165, 1.54) is 11.3 Å². The van der Waals surface area contributed by atoms with Crippen molar-refractivity contribution in [3.63, 3.8) is 0 Å². The summed E-state index contributed by atoms with van der Waals surface area (Å²) in [6.45, 7) is 0. The van der Waals surface area contributed by atoms with Crippen molar-refractivity contribution >= 4 is 40.6 Å². The number of nitrogens with zero attached hydrogens (tertiary/aromatic N) is 4. The zero-order valence-electron chi connectivity index (χ0n) is 15.4. The van der Waals surface area contributed by atoms with Gasteiger partial charge in [0.1, 0.15) is 34.4 Å². The van der Waals surface area contributed by atoms with Crippen LogP contribution in [0.5, 0.6) is 0 Å². The Labute approximate surface area is 182 Å². The van der Waals surface area contributed by atoms with Crippen LogP contribution in [-0.2, 0) is 11.0 Å². The molecule has 3 rings (SSSR count). The molecule has 0 atom stereocenters. The number of thiophene rings is 1. The SMILES string of the molecule is N#Cc1c(N)nc(SCC(=O)Nc2ccc(C(F)(F)F)cn2)c(C#N)c1-c1cccs1. The van der Waals surface area contributed by atoms with Crippen LogP contribution in [0.1, 0.15) is 16.7 Å². The van der Waals surface area contributed by atoms with E-state index in [9.17, 15) is 28.5 Å². The molecular formula is C19H11F3N6OS2. The first-order valence-electron chi connectivity index (χ1n) is 8.38. The number of nitrogens with two attached hydrogens (primary N) is 1. The van der Waals surface area contributed by atoms with Gasteiger partial charge in [-0.25, -0.2) is 9.97 Å². The number of amides is 1. The predicted molar refractivity (Wildman–Crippen MR) is 110 cm³/mol. The highest BCUT2D eigenvalue weighted by molar-refractivity contribution is 8.00. The molecule has 3 aromatic heterocycles. The van der Waals surface area contributed by atoms with Gasteiger partial charge in [0, 0.05) is 16.6 Å². The molecule has 12 heteroatoms. The molecule has 0 bridgehead atoms. The number of alkyl halides is 3. The largest absolute Gasteiger partial charge is 0.417 e. The fraction of sp³-hybridized carbons (Fsp3) is 0.105. The molecule has 0 fully saturated rings. The molecule has 0 unspecified atom stereocenters. The molecule has 7 nitrogen and oxygen atoms in total. The van der Waals surface area contributed by atoms with E-state index in [-0.39, 0.29) is 33.5 Å². The molecule has 0 aliphatic carbocycles. The first-order valence-corrected chi connectivity index (χ1v) is 10.2. The Morgan fingerprint density at radius 3 is 2.52 bits per heavy atom. The van der Waals surface area contributed by atoms with Crippen LogP contribution in [-0.4, -0.2) is 21.6 Å². The van der Waals surface area contributed by atoms with E-state index in [1.54, 1.807) is 17.5 Å². The summed E-state index contributed by atoms with van der Waals surface area (Å²) < 4.78 is 37.8. The standard InChI is InChI=1S/C19H11F3N6OS2/c20-19(21,22)10-3-4-14(26-8-10)27-15(29)9-31-18-12(7-24)16(13-2-1-5-30-13)11(6-23)17(25)28-18/h1-5,8H,9H2,(H2,25,28)(H,26,27,29). The van der Waals surface area contributed by atoms with Crippen molar-refractivity contribution < 1.29 is 18.0 Å². The average molecular weight is 460 g/mol. The molecular weight excluding hydrogens is 449 g/mol. The Morgan fingerprint density at radius 1 is 1.23 bits per heavy atom. The number of nitrogen functional groups attached to an aromatic ring is 1. The van der Waals surface area contributed by atoms with Crippen LogP contribution in [0, 0.1) is 22.7 Å². The summed E-state index contributed by atoms with van der Waals surface area (Å²) in [4.78, 5) is 20.5. The Hall–Kier alpha value is -3.61. The second-order valence-corrected chi connectivity index (χ2v) is 7.81. The highest BCUT2D eigenvalue weighted by Gasteiger charge is 2.30. The zero-order chi connectivity index (χ0) is 22.6. The third kappa shape index (κ3) is 4.94. The van der Waals surface area contributed by atoms with Crippen LogP contribution in [0.4, 0.5) is 24.8 Å². The number of hydrogen-bond donors (Lipinski definition) is 2. The Bertz CT molecular complexity index is 1200. The van der Waals surface area contributed by atoms with Crippen LogP contribution < -0.4 is 11.1 Å². The molecule has 156 valence electrons. The molecule has 0 saturated heterocycles. The predicted octanol–water partition coefficient (Wildman–Crippen LogP) is 4.28. The Morgan fingerprint density at radius 2 is 1.97 bits per heavy atom. The second-order valence-electron chi connectivity index (χ2n) is 5.89. The second kappa shape index (κ2) is 9.04. The third-order valence-electron chi connectivity index (χ3n) is 3.88. The Balaban J connectivity index is 1.80. The van der Waals surface area contributed by atoms with Crippen molar-refractivity contribution in [1.29, 1.82) is 10.5 Å². The van der Waals surface area contributed by atoms with Gasteiger partial charge in [0.05, 0.1) is 16.9 Å². The van der Waals surface area contributed by atoms with Gasteiger partial charge in [-0.2, -0.15) is 23.7 Å². The summed E-state index contributed by atoms with van der Waals surface area (Å²) in [5.41, 5.74) is 5.48. The molecule has 3 heterocycles. The number of hydrogen-bond acceptors (Lipinski definition) is 8. The number of aromatic nitrogens is 2. The third-order valence-corrected chi connectivity index (χ3v) is 5.74. The number of carbonyl (C=O) groups excluding carboxylic acids is 1. The molecule has 31 heavy (non-hydrogen) atoms. The Kier molecular flexibility index (Phi) is 6.44. The van der Waals surface area contributed by atoms with Gasteiger partial charge in [0.15, 0.2) is 0 Å². The minimum absolute atomic E-state index is 0.0503. The monoisotopic (exact) mass is 460 g/mol. The summed E-state index contributed by atoms with van der Waals surface area (Å²) in [6.07, 6.45) is -3.91. The lowest BCUT2D eigenvalue weighted by Crippen LogP contribution is -2.16. The summed E-state index contributed by atoms with van der Waals surface area (Å²) in [5.74, 6) is -0.897. The van der Waals surface area contributed by atoms with Crippen LogP contribution in [0.3, 0.4) is 0 Å². The molecule has 3 N–H and O–H groups in total. The lowest BCUT2D eigenvalue weighted by molar-refractivity contribution is -0.137. The number of nitrogens with one attached hydrogen (secondary N) is 1. The molecule has 0 aromatic carbocycles. The van der Waals surface area contributed by atoms with Gasteiger partial charge in [-0.1, -0.05) is 17.8 Å². The zero-order valence-corrected chi connectivity index (χ0v) is 17.0. The van der Waals surface area contributed by atoms with Gasteiger partial charge >= 0.3 is 6.18 Å². The van der Waals surface area contributed by atoms with Gasteiger partial charge in [0.25, 0.3) is 0 Å². The van der Waals surface area contributed by atoms with E-state index in [0.717, 1.165) is 23.9 Å². The number of pyridine rings is 2. The van der Waals surface area contributed by atoms with Crippen molar-refractivity contribution in [2.45, 2.75) is 11.2 Å². The summed E-state index contributed by atoms with van der Waals surface area (Å²) in [6, 6.07) is 9.31. The first-order chi connectivity index (χ1) is 14.7. The topological polar surface area (TPSA) is 128 Å². The van der Waals surface area contributed by atoms with Crippen molar-refractivity contribution in [2.75, 3.05) is 16.8 Å². The van der Waals surface area contributed by atoms with Crippen LogP contribution >= 0.6 is 23.1 Å². The number of carbonyl (C=O) groups is 1. The van der Waals surface area contributed by atoms with E-state index in [2.05, 4.69) is 15.3 Å². The molecule has 0 aliphatic heterocycles. The van der Waals surface area contributed by atoms with Crippen LogP contribution in [0.25, 0.3) is 10.4 Å². The van der Waals surface area contributed by atoms with E-state index < -0.39 is 17.6 Å². The van der Waals surface area contributed by atoms with E-state index >= 15 is 0 Å². The van der Waals surface area contributed by atoms with E-state index in [1.807, 2.05) is 12.1 Å². The molecule has 1 amide bonds. The smallest absolute Gasteiger partial charge is 0.383 e. The number of anilines is 2. The molecule has 0 saturated carbocycles. The minimum atomic E-state index is -4.53. The minimum Gasteiger partial charge on any atom is -0.383 e. The average Bonchev–Trinajstić information content (AvgIpc) is 3.26. The first kappa shape index (κ1) is 22.1. The van der Waals surface area contributed by atoms with Gasteiger partial charge in [-0.05, 0) is 23.6 Å². The van der Waals surface area contributed by atoms with Gasteiger partial charge in [-0.15, -0.1) is 11.3 Å².